The van der Waals surface area contributed by atoms with Gasteiger partial charge in [0.05, 0.1) is 14.2 Å². The number of halogens is 1. The molecule has 0 aliphatic carbocycles. The molecule has 0 unspecified atom stereocenters. The molecule has 98 valence electrons. The van der Waals surface area contributed by atoms with Crippen molar-refractivity contribution in [2.45, 2.75) is 0 Å². The van der Waals surface area contributed by atoms with E-state index in [4.69, 9.17) is 9.47 Å². The van der Waals surface area contributed by atoms with Gasteiger partial charge in [-0.15, -0.1) is 0 Å². The molecule has 0 aliphatic heterocycles. The van der Waals surface area contributed by atoms with Crippen molar-refractivity contribution in [3.8, 4) is 11.5 Å². The number of ether oxygens (including phenoxy) is 2. The lowest BCUT2D eigenvalue weighted by atomic mass is 10.1. The fraction of sp³-hybridized carbons (Fsp3) is 0.125. The van der Waals surface area contributed by atoms with Gasteiger partial charge >= 0.3 is 0 Å². The first-order chi connectivity index (χ1) is 9.22. The summed E-state index contributed by atoms with van der Waals surface area (Å²) in [5.74, 6) is 1.15. The minimum atomic E-state index is -0.233. The summed E-state index contributed by atoms with van der Waals surface area (Å²) in [5.41, 5.74) is 1.93. The number of benzene rings is 2. The Morgan fingerprint density at radius 1 is 0.789 bits per heavy atom. The van der Waals surface area contributed by atoms with Gasteiger partial charge in [0.1, 0.15) is 5.82 Å². The van der Waals surface area contributed by atoms with Crippen LogP contribution in [0.4, 0.5) is 4.39 Å². The Morgan fingerprint density at radius 3 is 2.00 bits per heavy atom. The molecule has 0 bridgehead atoms. The Kier molecular flexibility index (Phi) is 4.18. The minimum Gasteiger partial charge on any atom is -0.493 e. The van der Waals surface area contributed by atoms with Crippen molar-refractivity contribution in [2.24, 2.45) is 0 Å². The quantitative estimate of drug-likeness (QED) is 0.771. The molecule has 0 saturated carbocycles. The summed E-state index contributed by atoms with van der Waals surface area (Å²) in [6.45, 7) is 0. The van der Waals surface area contributed by atoms with E-state index in [0.29, 0.717) is 11.5 Å². The molecule has 2 nitrogen and oxygen atoms in total. The van der Waals surface area contributed by atoms with Gasteiger partial charge in [-0.05, 0) is 35.4 Å². The molecule has 19 heavy (non-hydrogen) atoms. The van der Waals surface area contributed by atoms with Crippen molar-refractivity contribution in [1.82, 2.24) is 0 Å². The molecule has 0 heterocycles. The van der Waals surface area contributed by atoms with Crippen molar-refractivity contribution in [2.75, 3.05) is 14.2 Å². The van der Waals surface area contributed by atoms with E-state index >= 15 is 0 Å². The third kappa shape index (κ3) is 3.35. The van der Waals surface area contributed by atoms with Gasteiger partial charge in [0.2, 0.25) is 0 Å². The Bertz CT molecular complexity index is 574. The van der Waals surface area contributed by atoms with Gasteiger partial charge in [0.15, 0.2) is 11.5 Å². The van der Waals surface area contributed by atoms with Crippen LogP contribution in [0.1, 0.15) is 11.1 Å². The topological polar surface area (TPSA) is 18.5 Å². The van der Waals surface area contributed by atoms with E-state index in [0.717, 1.165) is 11.1 Å². The first kappa shape index (κ1) is 13.1. The summed E-state index contributed by atoms with van der Waals surface area (Å²) in [6.07, 6.45) is 3.86. The van der Waals surface area contributed by atoms with Crippen molar-refractivity contribution in [3.05, 3.63) is 59.4 Å². The SMILES string of the molecule is COc1ccc(C=Cc2ccc(F)cc2)cc1OC. The van der Waals surface area contributed by atoms with Crippen LogP contribution in [0.2, 0.25) is 0 Å². The first-order valence-corrected chi connectivity index (χ1v) is 5.88. The van der Waals surface area contributed by atoms with Gasteiger partial charge in [-0.2, -0.15) is 0 Å². The number of hydrogen-bond donors (Lipinski definition) is 0. The van der Waals surface area contributed by atoms with Crippen LogP contribution < -0.4 is 9.47 Å². The van der Waals surface area contributed by atoms with Crippen LogP contribution in [-0.4, -0.2) is 14.2 Å². The monoisotopic (exact) mass is 258 g/mol. The van der Waals surface area contributed by atoms with Gasteiger partial charge in [-0.3, -0.25) is 0 Å². The van der Waals surface area contributed by atoms with E-state index in [-0.39, 0.29) is 5.82 Å². The van der Waals surface area contributed by atoms with Crippen molar-refractivity contribution >= 4 is 12.2 Å². The summed E-state index contributed by atoms with van der Waals surface area (Å²) in [7, 11) is 3.21. The van der Waals surface area contributed by atoms with Gasteiger partial charge in [-0.1, -0.05) is 30.4 Å². The molecule has 0 amide bonds. The summed E-state index contributed by atoms with van der Waals surface area (Å²) in [6, 6.07) is 12.0. The molecular weight excluding hydrogens is 243 g/mol. The van der Waals surface area contributed by atoms with E-state index < -0.39 is 0 Å². The zero-order valence-electron chi connectivity index (χ0n) is 10.9. The second-order valence-electron chi connectivity index (χ2n) is 4.00. The minimum absolute atomic E-state index is 0.233. The number of rotatable bonds is 4. The predicted octanol–water partition coefficient (Wildman–Crippen LogP) is 4.01. The van der Waals surface area contributed by atoms with Crippen LogP contribution in [-0.2, 0) is 0 Å². The van der Waals surface area contributed by atoms with Crippen LogP contribution in [0.3, 0.4) is 0 Å². The standard InChI is InChI=1S/C16H15FO2/c1-18-15-10-7-13(11-16(15)19-2)4-3-12-5-8-14(17)9-6-12/h3-11H,1-2H3. The third-order valence-corrected chi connectivity index (χ3v) is 2.75. The van der Waals surface area contributed by atoms with Crippen LogP contribution in [0, 0.1) is 5.82 Å². The summed E-state index contributed by atoms with van der Waals surface area (Å²) in [5, 5.41) is 0. The number of hydrogen-bond acceptors (Lipinski definition) is 2. The highest BCUT2D eigenvalue weighted by atomic mass is 19.1. The van der Waals surface area contributed by atoms with E-state index in [9.17, 15) is 4.39 Å². The Balaban J connectivity index is 2.21. The van der Waals surface area contributed by atoms with E-state index in [2.05, 4.69) is 0 Å². The maximum absolute atomic E-state index is 12.8. The smallest absolute Gasteiger partial charge is 0.161 e. The third-order valence-electron chi connectivity index (χ3n) is 2.75. The molecule has 2 aromatic rings. The van der Waals surface area contributed by atoms with Crippen LogP contribution in [0.15, 0.2) is 42.5 Å². The normalized spacial score (nSPS) is 10.7. The highest BCUT2D eigenvalue weighted by molar-refractivity contribution is 5.70. The molecular formula is C16H15FO2. The molecule has 2 aromatic carbocycles. The van der Waals surface area contributed by atoms with Crippen LogP contribution in [0.5, 0.6) is 11.5 Å². The maximum Gasteiger partial charge on any atom is 0.161 e. The average molecular weight is 258 g/mol. The lowest BCUT2D eigenvalue weighted by molar-refractivity contribution is 0.355. The van der Waals surface area contributed by atoms with Crippen molar-refractivity contribution in [1.29, 1.82) is 0 Å². The maximum atomic E-state index is 12.8. The molecule has 0 aliphatic rings. The molecule has 0 radical (unpaired) electrons. The fourth-order valence-electron chi connectivity index (χ4n) is 1.72. The Labute approximate surface area is 112 Å². The highest BCUT2D eigenvalue weighted by Gasteiger charge is 2.02. The van der Waals surface area contributed by atoms with Crippen molar-refractivity contribution in [3.63, 3.8) is 0 Å². The van der Waals surface area contributed by atoms with Gasteiger partial charge in [0, 0.05) is 0 Å². The second-order valence-corrected chi connectivity index (χ2v) is 4.00. The molecule has 0 aromatic heterocycles. The fourth-order valence-corrected chi connectivity index (χ4v) is 1.72. The zero-order chi connectivity index (χ0) is 13.7. The molecule has 0 saturated heterocycles. The van der Waals surface area contributed by atoms with E-state index in [1.165, 1.54) is 12.1 Å². The second kappa shape index (κ2) is 6.05. The van der Waals surface area contributed by atoms with E-state index in [1.54, 1.807) is 26.4 Å². The predicted molar refractivity (Wildman–Crippen MR) is 74.9 cm³/mol. The highest BCUT2D eigenvalue weighted by Crippen LogP contribution is 2.28. The lowest BCUT2D eigenvalue weighted by Crippen LogP contribution is -1.90. The van der Waals surface area contributed by atoms with Crippen LogP contribution >= 0.6 is 0 Å². The largest absolute Gasteiger partial charge is 0.493 e. The first-order valence-electron chi connectivity index (χ1n) is 5.88. The zero-order valence-corrected chi connectivity index (χ0v) is 10.9. The summed E-state index contributed by atoms with van der Waals surface area (Å²) in [4.78, 5) is 0. The number of methoxy groups -OCH3 is 2. The molecule has 0 atom stereocenters. The molecule has 2 rings (SSSR count). The van der Waals surface area contributed by atoms with Gasteiger partial charge in [-0.25, -0.2) is 4.39 Å². The average Bonchev–Trinajstić information content (AvgIpc) is 2.46. The van der Waals surface area contributed by atoms with Crippen molar-refractivity contribution < 1.29 is 13.9 Å². The van der Waals surface area contributed by atoms with Gasteiger partial charge in [0.25, 0.3) is 0 Å². The Morgan fingerprint density at radius 2 is 1.37 bits per heavy atom. The van der Waals surface area contributed by atoms with E-state index in [1.807, 2.05) is 30.4 Å². The van der Waals surface area contributed by atoms with Crippen LogP contribution in [0.25, 0.3) is 12.2 Å². The molecule has 0 spiro atoms. The van der Waals surface area contributed by atoms with Gasteiger partial charge < -0.3 is 9.47 Å². The lowest BCUT2D eigenvalue weighted by Gasteiger charge is -2.07. The summed E-state index contributed by atoms with van der Waals surface area (Å²) < 4.78 is 23.2. The Hall–Kier alpha value is -2.29. The molecule has 0 N–H and O–H groups in total. The summed E-state index contributed by atoms with van der Waals surface area (Å²) >= 11 is 0. The molecule has 3 heteroatoms. The molecule has 0 fully saturated rings.